The Morgan fingerprint density at radius 1 is 1.33 bits per heavy atom. The van der Waals surface area contributed by atoms with Gasteiger partial charge in [-0.05, 0) is 12.5 Å². The lowest BCUT2D eigenvalue weighted by atomic mass is 10.2. The molecule has 0 radical (unpaired) electrons. The maximum absolute atomic E-state index is 12.4. The van der Waals surface area contributed by atoms with Gasteiger partial charge in [-0.25, -0.2) is 4.98 Å². The summed E-state index contributed by atoms with van der Waals surface area (Å²) in [5, 5.41) is 0.491. The Balaban J connectivity index is 1.91. The highest BCUT2D eigenvalue weighted by atomic mass is 16.5. The Morgan fingerprint density at radius 3 is 2.79 bits per heavy atom. The molecule has 3 rings (SSSR count). The molecular weight excluding hydrogens is 310 g/mol. The molecule has 0 spiro atoms. The number of ether oxygens (including phenoxy) is 3. The van der Waals surface area contributed by atoms with Crippen molar-refractivity contribution in [1.82, 2.24) is 14.9 Å². The van der Waals surface area contributed by atoms with E-state index in [1.165, 1.54) is 0 Å². The summed E-state index contributed by atoms with van der Waals surface area (Å²) < 4.78 is 16.2. The van der Waals surface area contributed by atoms with Crippen molar-refractivity contribution in [2.45, 2.75) is 26.0 Å². The molecule has 130 valence electrons. The molecule has 0 bridgehead atoms. The predicted molar refractivity (Wildman–Crippen MR) is 90.8 cm³/mol. The highest BCUT2D eigenvalue weighted by Crippen LogP contribution is 2.29. The van der Waals surface area contributed by atoms with Gasteiger partial charge in [0.05, 0.1) is 44.4 Å². The lowest BCUT2D eigenvalue weighted by Gasteiger charge is -2.31. The van der Waals surface area contributed by atoms with Crippen molar-refractivity contribution < 1.29 is 14.2 Å². The van der Waals surface area contributed by atoms with E-state index >= 15 is 0 Å². The minimum atomic E-state index is -0.170. The number of nitrogens with zero attached hydrogens (tertiary/aromatic N) is 2. The monoisotopic (exact) mass is 333 g/mol. The van der Waals surface area contributed by atoms with Gasteiger partial charge < -0.3 is 19.2 Å². The third-order valence-electron chi connectivity index (χ3n) is 4.31. The second kappa shape index (κ2) is 7.19. The topological polar surface area (TPSA) is 76.7 Å². The highest BCUT2D eigenvalue weighted by molar-refractivity contribution is 5.81. The smallest absolute Gasteiger partial charge is 0.258 e. The molecule has 1 aliphatic heterocycles. The van der Waals surface area contributed by atoms with E-state index < -0.39 is 0 Å². The van der Waals surface area contributed by atoms with Crippen molar-refractivity contribution in [3.8, 4) is 11.5 Å². The molecule has 1 N–H and O–H groups in total. The van der Waals surface area contributed by atoms with Gasteiger partial charge >= 0.3 is 0 Å². The van der Waals surface area contributed by atoms with Gasteiger partial charge in [0, 0.05) is 19.2 Å². The molecule has 1 aromatic heterocycles. The number of nitrogens with one attached hydrogen (secondary N) is 1. The average molecular weight is 333 g/mol. The molecule has 0 amide bonds. The number of benzene rings is 1. The SMILES string of the molecule is CCC1CN(Cc2nc3cc(OC)c(OC)cc3c(=O)[nH]2)CCO1. The zero-order chi connectivity index (χ0) is 17.1. The maximum Gasteiger partial charge on any atom is 0.258 e. The van der Waals surface area contributed by atoms with Crippen LogP contribution in [0, 0.1) is 0 Å². The van der Waals surface area contributed by atoms with Crippen LogP contribution in [0.25, 0.3) is 10.9 Å². The van der Waals surface area contributed by atoms with E-state index in [1.807, 2.05) is 0 Å². The van der Waals surface area contributed by atoms with Crippen LogP contribution in [0.1, 0.15) is 19.2 Å². The molecule has 1 atom stereocenters. The van der Waals surface area contributed by atoms with Crippen LogP contribution in [0.15, 0.2) is 16.9 Å². The summed E-state index contributed by atoms with van der Waals surface area (Å²) >= 11 is 0. The third kappa shape index (κ3) is 3.37. The first-order chi connectivity index (χ1) is 11.6. The van der Waals surface area contributed by atoms with Gasteiger partial charge in [-0.3, -0.25) is 9.69 Å². The fourth-order valence-corrected chi connectivity index (χ4v) is 2.97. The molecule has 1 fully saturated rings. The van der Waals surface area contributed by atoms with E-state index in [1.54, 1.807) is 26.4 Å². The van der Waals surface area contributed by atoms with E-state index in [4.69, 9.17) is 14.2 Å². The number of aromatic amines is 1. The molecule has 0 aliphatic carbocycles. The molecule has 1 aliphatic rings. The van der Waals surface area contributed by atoms with Crippen molar-refractivity contribution in [2.24, 2.45) is 0 Å². The largest absolute Gasteiger partial charge is 0.493 e. The second-order valence-electron chi connectivity index (χ2n) is 5.87. The number of H-pyrrole nitrogens is 1. The summed E-state index contributed by atoms with van der Waals surface area (Å²) in [5.74, 6) is 1.73. The normalized spacial score (nSPS) is 18.7. The van der Waals surface area contributed by atoms with Crippen LogP contribution in [-0.4, -0.2) is 54.9 Å². The number of hydrogen-bond acceptors (Lipinski definition) is 6. The Kier molecular flexibility index (Phi) is 5.01. The zero-order valence-electron chi connectivity index (χ0n) is 14.3. The standard InChI is InChI=1S/C17H23N3O4/c1-4-11-9-20(5-6-24-11)10-16-18-13-8-15(23-3)14(22-2)7-12(13)17(21)19-16/h7-8,11H,4-6,9-10H2,1-3H3,(H,18,19,21). The van der Waals surface area contributed by atoms with E-state index in [2.05, 4.69) is 21.8 Å². The predicted octanol–water partition coefficient (Wildman–Crippen LogP) is 1.55. The fourth-order valence-electron chi connectivity index (χ4n) is 2.97. The summed E-state index contributed by atoms with van der Waals surface area (Å²) in [7, 11) is 3.11. The van der Waals surface area contributed by atoms with Crippen molar-refractivity contribution in [3.05, 3.63) is 28.3 Å². The number of fused-ring (bicyclic) bond motifs is 1. The van der Waals surface area contributed by atoms with E-state index in [9.17, 15) is 4.79 Å². The Hall–Kier alpha value is -2.12. The lowest BCUT2D eigenvalue weighted by molar-refractivity contribution is -0.0331. The van der Waals surface area contributed by atoms with Crippen LogP contribution < -0.4 is 15.0 Å². The van der Waals surface area contributed by atoms with Crippen LogP contribution in [-0.2, 0) is 11.3 Å². The van der Waals surface area contributed by atoms with Gasteiger partial charge in [-0.15, -0.1) is 0 Å². The number of methoxy groups -OCH3 is 2. The number of rotatable bonds is 5. The Bertz CT molecular complexity index is 774. The average Bonchev–Trinajstić information content (AvgIpc) is 2.60. The molecule has 1 saturated heterocycles. The minimum absolute atomic E-state index is 0.170. The summed E-state index contributed by atoms with van der Waals surface area (Å²) in [6, 6.07) is 3.40. The molecular formula is C17H23N3O4. The van der Waals surface area contributed by atoms with Crippen molar-refractivity contribution in [1.29, 1.82) is 0 Å². The zero-order valence-corrected chi connectivity index (χ0v) is 14.3. The molecule has 1 unspecified atom stereocenters. The molecule has 0 saturated carbocycles. The summed E-state index contributed by atoms with van der Waals surface area (Å²) in [5.41, 5.74) is 0.433. The van der Waals surface area contributed by atoms with Gasteiger partial charge in [0.25, 0.3) is 5.56 Å². The first-order valence-corrected chi connectivity index (χ1v) is 8.13. The highest BCUT2D eigenvalue weighted by Gasteiger charge is 2.20. The van der Waals surface area contributed by atoms with Crippen molar-refractivity contribution in [3.63, 3.8) is 0 Å². The van der Waals surface area contributed by atoms with Gasteiger partial charge in [-0.2, -0.15) is 0 Å². The first kappa shape index (κ1) is 16.7. The van der Waals surface area contributed by atoms with Crippen LogP contribution >= 0.6 is 0 Å². The molecule has 2 aromatic rings. The summed E-state index contributed by atoms with van der Waals surface area (Å²) in [4.78, 5) is 22.1. The number of aromatic nitrogens is 2. The van der Waals surface area contributed by atoms with Gasteiger partial charge in [0.1, 0.15) is 5.82 Å². The molecule has 2 heterocycles. The van der Waals surface area contributed by atoms with Gasteiger partial charge in [-0.1, -0.05) is 6.92 Å². The van der Waals surface area contributed by atoms with E-state index in [-0.39, 0.29) is 11.7 Å². The molecule has 24 heavy (non-hydrogen) atoms. The fraction of sp³-hybridized carbons (Fsp3) is 0.529. The Labute approximate surface area is 140 Å². The lowest BCUT2D eigenvalue weighted by Crippen LogP contribution is -2.42. The summed E-state index contributed by atoms with van der Waals surface area (Å²) in [6.07, 6.45) is 1.23. The first-order valence-electron chi connectivity index (χ1n) is 8.13. The van der Waals surface area contributed by atoms with Crippen molar-refractivity contribution in [2.75, 3.05) is 33.9 Å². The van der Waals surface area contributed by atoms with Crippen LogP contribution in [0.5, 0.6) is 11.5 Å². The molecule has 7 nitrogen and oxygen atoms in total. The Morgan fingerprint density at radius 2 is 2.08 bits per heavy atom. The van der Waals surface area contributed by atoms with Gasteiger partial charge in [0.2, 0.25) is 0 Å². The minimum Gasteiger partial charge on any atom is -0.493 e. The van der Waals surface area contributed by atoms with Crippen LogP contribution in [0.4, 0.5) is 0 Å². The second-order valence-corrected chi connectivity index (χ2v) is 5.87. The van der Waals surface area contributed by atoms with Crippen molar-refractivity contribution >= 4 is 10.9 Å². The quantitative estimate of drug-likeness (QED) is 0.895. The molecule has 7 heteroatoms. The van der Waals surface area contributed by atoms with Crippen LogP contribution in [0.3, 0.4) is 0 Å². The van der Waals surface area contributed by atoms with E-state index in [0.717, 1.165) is 19.5 Å². The molecule has 1 aromatic carbocycles. The van der Waals surface area contributed by atoms with Crippen LogP contribution in [0.2, 0.25) is 0 Å². The number of hydrogen-bond donors (Lipinski definition) is 1. The third-order valence-corrected chi connectivity index (χ3v) is 4.31. The summed E-state index contributed by atoms with van der Waals surface area (Å²) in [6.45, 7) is 5.11. The van der Waals surface area contributed by atoms with Gasteiger partial charge in [0.15, 0.2) is 11.5 Å². The number of morpholine rings is 1. The van der Waals surface area contributed by atoms with E-state index in [0.29, 0.717) is 41.4 Å². The maximum atomic E-state index is 12.4.